The summed E-state index contributed by atoms with van der Waals surface area (Å²) >= 11 is 6.32. The number of fused-ring (bicyclic) bond motifs is 3. The molecule has 4 nitrogen and oxygen atoms in total. The molecule has 0 spiro atoms. The fourth-order valence-electron chi connectivity index (χ4n) is 2.88. The third kappa shape index (κ3) is 2.11. The van der Waals surface area contributed by atoms with Gasteiger partial charge in [-0.3, -0.25) is 4.98 Å². The number of pyridine rings is 1. The fourth-order valence-corrected chi connectivity index (χ4v) is 3.08. The Balaban J connectivity index is 1.97. The molecule has 0 amide bonds. The smallest absolute Gasteiger partial charge is 0.454 e. The fraction of sp³-hybridized carbons (Fsp3) is 0.353. The van der Waals surface area contributed by atoms with Gasteiger partial charge in [-0.2, -0.15) is 0 Å². The van der Waals surface area contributed by atoms with Crippen molar-refractivity contribution in [3.63, 3.8) is 0 Å². The molecule has 1 aliphatic rings. The molecule has 1 aromatic carbocycles. The maximum atomic E-state index is 6.32. The van der Waals surface area contributed by atoms with Crippen molar-refractivity contribution >= 4 is 46.1 Å². The highest BCUT2D eigenvalue weighted by Crippen LogP contribution is 2.38. The van der Waals surface area contributed by atoms with Gasteiger partial charge in [-0.25, -0.2) is 0 Å². The van der Waals surface area contributed by atoms with Crippen LogP contribution in [0, 0.1) is 0 Å². The second kappa shape index (κ2) is 4.73. The van der Waals surface area contributed by atoms with Gasteiger partial charge in [-0.1, -0.05) is 17.7 Å². The minimum atomic E-state index is -0.472. The molecular weight excluding hydrogens is 312 g/mol. The molecule has 0 N–H and O–H groups in total. The van der Waals surface area contributed by atoms with Gasteiger partial charge in [0.15, 0.2) is 5.58 Å². The number of rotatable bonds is 1. The van der Waals surface area contributed by atoms with Crippen molar-refractivity contribution < 1.29 is 13.7 Å². The van der Waals surface area contributed by atoms with Crippen molar-refractivity contribution in [2.24, 2.45) is 0 Å². The third-order valence-corrected chi connectivity index (χ3v) is 5.21. The number of nitrogens with zero attached hydrogens (tertiary/aromatic N) is 1. The average molecular weight is 330 g/mol. The van der Waals surface area contributed by atoms with Crippen LogP contribution in [0.1, 0.15) is 27.7 Å². The summed E-state index contributed by atoms with van der Waals surface area (Å²) in [5.74, 6) is 0. The molecule has 118 valence electrons. The van der Waals surface area contributed by atoms with E-state index in [0.717, 1.165) is 21.8 Å². The highest BCUT2D eigenvalue weighted by molar-refractivity contribution is 6.66. The van der Waals surface area contributed by atoms with Crippen molar-refractivity contribution in [2.75, 3.05) is 0 Å². The first-order valence-electron chi connectivity index (χ1n) is 7.60. The zero-order valence-electron chi connectivity index (χ0n) is 13.5. The Morgan fingerprint density at radius 1 is 1.04 bits per heavy atom. The molecule has 23 heavy (non-hydrogen) atoms. The molecule has 0 radical (unpaired) electrons. The maximum absolute atomic E-state index is 6.32. The summed E-state index contributed by atoms with van der Waals surface area (Å²) in [6.45, 7) is 8.15. The van der Waals surface area contributed by atoms with Crippen LogP contribution in [0.4, 0.5) is 0 Å². The van der Waals surface area contributed by atoms with Crippen molar-refractivity contribution in [2.45, 2.75) is 38.9 Å². The molecule has 0 atom stereocenters. The highest BCUT2D eigenvalue weighted by atomic mass is 35.5. The van der Waals surface area contributed by atoms with Crippen LogP contribution >= 0.6 is 11.6 Å². The van der Waals surface area contributed by atoms with Gasteiger partial charge in [0.05, 0.1) is 16.2 Å². The molecule has 0 aliphatic carbocycles. The number of halogens is 1. The SMILES string of the molecule is CC1(C)OB(c2ccc(Cl)c3oc4ccncc4c23)OC1(C)C. The first-order valence-corrected chi connectivity index (χ1v) is 7.98. The van der Waals surface area contributed by atoms with Gasteiger partial charge in [0.2, 0.25) is 0 Å². The Hall–Kier alpha value is -1.56. The molecule has 0 bridgehead atoms. The summed E-state index contributed by atoms with van der Waals surface area (Å²) < 4.78 is 18.3. The molecule has 3 aromatic rings. The van der Waals surface area contributed by atoms with E-state index in [1.165, 1.54) is 0 Å². The Morgan fingerprint density at radius 3 is 2.43 bits per heavy atom. The summed E-state index contributed by atoms with van der Waals surface area (Å²) in [6, 6.07) is 5.59. The van der Waals surface area contributed by atoms with Gasteiger partial charge in [0, 0.05) is 23.2 Å². The summed E-state index contributed by atoms with van der Waals surface area (Å²) in [5.41, 5.74) is 1.50. The Morgan fingerprint density at radius 2 is 1.74 bits per heavy atom. The third-order valence-electron chi connectivity index (χ3n) is 4.91. The van der Waals surface area contributed by atoms with Gasteiger partial charge < -0.3 is 13.7 Å². The van der Waals surface area contributed by atoms with Gasteiger partial charge in [0.1, 0.15) is 5.58 Å². The lowest BCUT2D eigenvalue weighted by Crippen LogP contribution is -2.41. The van der Waals surface area contributed by atoms with E-state index < -0.39 is 18.3 Å². The number of hydrogen-bond donors (Lipinski definition) is 0. The highest BCUT2D eigenvalue weighted by Gasteiger charge is 2.52. The summed E-state index contributed by atoms with van der Waals surface area (Å²) in [4.78, 5) is 4.21. The van der Waals surface area contributed by atoms with E-state index in [9.17, 15) is 0 Å². The van der Waals surface area contributed by atoms with E-state index in [2.05, 4.69) is 4.98 Å². The van der Waals surface area contributed by atoms with Gasteiger partial charge in [-0.15, -0.1) is 0 Å². The van der Waals surface area contributed by atoms with E-state index >= 15 is 0 Å². The van der Waals surface area contributed by atoms with Crippen molar-refractivity contribution in [3.05, 3.63) is 35.6 Å². The standard InChI is InChI=1S/C17H17BClNO3/c1-16(2)17(3,4)23-18(22-16)11-5-6-12(19)15-14(11)10-9-20-8-7-13(10)21-15/h5-9H,1-4H3. The number of furan rings is 1. The van der Waals surface area contributed by atoms with Crippen molar-refractivity contribution in [3.8, 4) is 0 Å². The predicted molar refractivity (Wildman–Crippen MR) is 92.2 cm³/mol. The molecule has 1 fully saturated rings. The van der Waals surface area contributed by atoms with Gasteiger partial charge in [-0.05, 0) is 45.3 Å². The molecule has 4 rings (SSSR count). The average Bonchev–Trinajstić information content (AvgIpc) is 2.96. The predicted octanol–water partition coefficient (Wildman–Crippen LogP) is 3.93. The van der Waals surface area contributed by atoms with Crippen LogP contribution in [-0.2, 0) is 9.31 Å². The van der Waals surface area contributed by atoms with E-state index in [1.54, 1.807) is 12.4 Å². The van der Waals surface area contributed by atoms with Crippen LogP contribution in [-0.4, -0.2) is 23.3 Å². The Labute approximate surface area is 139 Å². The molecule has 1 aliphatic heterocycles. The minimum absolute atomic E-state index is 0.401. The quantitative estimate of drug-likeness (QED) is 0.634. The van der Waals surface area contributed by atoms with Gasteiger partial charge in [0.25, 0.3) is 0 Å². The molecule has 0 unspecified atom stereocenters. The number of benzene rings is 1. The lowest BCUT2D eigenvalue weighted by atomic mass is 9.76. The summed E-state index contributed by atoms with van der Waals surface area (Å²) in [6.07, 6.45) is 3.49. The normalized spacial score (nSPS) is 19.8. The molecule has 6 heteroatoms. The maximum Gasteiger partial charge on any atom is 0.495 e. The van der Waals surface area contributed by atoms with Crippen LogP contribution < -0.4 is 5.46 Å². The number of aromatic nitrogens is 1. The second-order valence-electron chi connectivity index (χ2n) is 6.90. The Bertz CT molecular complexity index is 903. The van der Waals surface area contributed by atoms with Gasteiger partial charge >= 0.3 is 7.12 Å². The lowest BCUT2D eigenvalue weighted by molar-refractivity contribution is 0.00578. The van der Waals surface area contributed by atoms with E-state index in [4.69, 9.17) is 25.3 Å². The van der Waals surface area contributed by atoms with Crippen LogP contribution in [0.25, 0.3) is 21.9 Å². The monoisotopic (exact) mass is 329 g/mol. The molecule has 0 saturated carbocycles. The zero-order valence-corrected chi connectivity index (χ0v) is 14.3. The first kappa shape index (κ1) is 15.0. The minimum Gasteiger partial charge on any atom is -0.454 e. The second-order valence-corrected chi connectivity index (χ2v) is 7.31. The van der Waals surface area contributed by atoms with E-state index in [0.29, 0.717) is 10.6 Å². The lowest BCUT2D eigenvalue weighted by Gasteiger charge is -2.32. The van der Waals surface area contributed by atoms with Crippen molar-refractivity contribution in [1.82, 2.24) is 4.98 Å². The topological polar surface area (TPSA) is 44.5 Å². The molecule has 3 heterocycles. The molecular formula is C17H17BClNO3. The van der Waals surface area contributed by atoms with Crippen LogP contribution in [0.5, 0.6) is 0 Å². The van der Waals surface area contributed by atoms with Crippen LogP contribution in [0.3, 0.4) is 0 Å². The zero-order chi connectivity index (χ0) is 16.4. The van der Waals surface area contributed by atoms with Crippen LogP contribution in [0.2, 0.25) is 5.02 Å². The van der Waals surface area contributed by atoms with E-state index in [1.807, 2.05) is 45.9 Å². The summed E-state index contributed by atoms with van der Waals surface area (Å²) in [5, 5.41) is 2.38. The first-order chi connectivity index (χ1) is 10.8. The number of hydrogen-bond acceptors (Lipinski definition) is 4. The molecule has 1 saturated heterocycles. The largest absolute Gasteiger partial charge is 0.495 e. The molecule has 2 aromatic heterocycles. The van der Waals surface area contributed by atoms with E-state index in [-0.39, 0.29) is 0 Å². The van der Waals surface area contributed by atoms with Crippen LogP contribution in [0.15, 0.2) is 35.0 Å². The van der Waals surface area contributed by atoms with Crippen molar-refractivity contribution in [1.29, 1.82) is 0 Å². The summed E-state index contributed by atoms with van der Waals surface area (Å²) in [7, 11) is -0.472. The Kier molecular flexibility index (Phi) is 3.08.